The van der Waals surface area contributed by atoms with Crippen LogP contribution < -0.4 is 14.8 Å². The molecular weight excluding hydrogens is 428 g/mol. The zero-order valence-electron chi connectivity index (χ0n) is 16.7. The second-order valence-corrected chi connectivity index (χ2v) is 9.04. The zero-order valence-corrected chi connectivity index (χ0v) is 18.3. The number of nitrogens with zero attached hydrogens (tertiary/aromatic N) is 1. The van der Waals surface area contributed by atoms with E-state index >= 15 is 0 Å². The Morgan fingerprint density at radius 1 is 1.07 bits per heavy atom. The number of carbonyl (C=O) groups excluding carboxylic acids is 1. The Bertz CT molecular complexity index is 1040. The molecule has 0 atom stereocenters. The molecule has 0 bridgehead atoms. The molecule has 2 aromatic rings. The van der Waals surface area contributed by atoms with Crippen LogP contribution in [0.25, 0.3) is 6.08 Å². The number of hydrogen-bond donors (Lipinski definition) is 1. The minimum absolute atomic E-state index is 0.00891. The first kappa shape index (κ1) is 22.1. The zero-order chi connectivity index (χ0) is 21.7. The maximum Gasteiger partial charge on any atom is 0.248 e. The quantitative estimate of drug-likeness (QED) is 0.648. The normalized spacial score (nSPS) is 14.8. The fraction of sp³-hybridized carbons (Fsp3) is 0.286. The number of hydrogen-bond acceptors (Lipinski definition) is 5. The van der Waals surface area contributed by atoms with Crippen molar-refractivity contribution in [3.63, 3.8) is 0 Å². The summed E-state index contributed by atoms with van der Waals surface area (Å²) < 4.78 is 37.5. The molecule has 0 saturated carbocycles. The van der Waals surface area contributed by atoms with Gasteiger partial charge in [-0.25, -0.2) is 8.42 Å². The third kappa shape index (κ3) is 5.13. The highest BCUT2D eigenvalue weighted by Gasteiger charge is 2.29. The lowest BCUT2D eigenvalue weighted by Crippen LogP contribution is -2.28. The van der Waals surface area contributed by atoms with E-state index in [2.05, 4.69) is 5.32 Å². The minimum atomic E-state index is -3.69. The van der Waals surface area contributed by atoms with Crippen molar-refractivity contribution in [1.82, 2.24) is 4.31 Å². The lowest BCUT2D eigenvalue weighted by molar-refractivity contribution is -0.111. The van der Waals surface area contributed by atoms with Crippen LogP contribution in [0.4, 0.5) is 5.69 Å². The Balaban J connectivity index is 1.77. The lowest BCUT2D eigenvalue weighted by Gasteiger charge is -2.17. The lowest BCUT2D eigenvalue weighted by atomic mass is 10.2. The number of amides is 1. The molecule has 0 spiro atoms. The highest BCUT2D eigenvalue weighted by Crippen LogP contribution is 2.29. The summed E-state index contributed by atoms with van der Waals surface area (Å²) in [7, 11) is -0.604. The van der Waals surface area contributed by atoms with Crippen LogP contribution in [0.5, 0.6) is 11.5 Å². The van der Waals surface area contributed by atoms with Gasteiger partial charge in [0.1, 0.15) is 16.4 Å². The number of ether oxygens (including phenoxy) is 2. The molecule has 30 heavy (non-hydrogen) atoms. The Labute approximate surface area is 181 Å². The summed E-state index contributed by atoms with van der Waals surface area (Å²) in [5, 5.41) is 2.79. The summed E-state index contributed by atoms with van der Waals surface area (Å²) in [5.41, 5.74) is 1.06. The standard InChI is InChI=1S/C21H23ClN2O5S/c1-28-17-11-15(12-18(14-17)29-2)5-8-21(25)23-16-6-7-19(22)20(13-16)30(26,27)24-9-3-4-10-24/h5-8,11-14H,3-4,9-10H2,1-2H3,(H,23,25)/b8-5+. The van der Waals surface area contributed by atoms with Gasteiger partial charge in [-0.1, -0.05) is 11.6 Å². The van der Waals surface area contributed by atoms with E-state index in [9.17, 15) is 13.2 Å². The van der Waals surface area contributed by atoms with Gasteiger partial charge in [0.05, 0.1) is 19.2 Å². The summed E-state index contributed by atoms with van der Waals surface area (Å²) in [6, 6.07) is 9.66. The van der Waals surface area contributed by atoms with Crippen molar-refractivity contribution in [2.45, 2.75) is 17.7 Å². The van der Waals surface area contributed by atoms with Gasteiger partial charge in [-0.15, -0.1) is 0 Å². The van der Waals surface area contributed by atoms with E-state index in [1.807, 2.05) is 0 Å². The van der Waals surface area contributed by atoms with Gasteiger partial charge in [0, 0.05) is 30.9 Å². The molecule has 1 fully saturated rings. The third-order valence-corrected chi connectivity index (χ3v) is 7.06. The monoisotopic (exact) mass is 450 g/mol. The topological polar surface area (TPSA) is 84.9 Å². The molecule has 0 unspecified atom stereocenters. The van der Waals surface area contributed by atoms with E-state index in [1.54, 1.807) is 44.6 Å². The van der Waals surface area contributed by atoms with Crippen LogP contribution in [0.1, 0.15) is 18.4 Å². The van der Waals surface area contributed by atoms with E-state index in [-0.39, 0.29) is 9.92 Å². The highest BCUT2D eigenvalue weighted by molar-refractivity contribution is 7.89. The predicted octanol–water partition coefficient (Wildman–Crippen LogP) is 3.79. The van der Waals surface area contributed by atoms with Crippen molar-refractivity contribution < 1.29 is 22.7 Å². The smallest absolute Gasteiger partial charge is 0.248 e. The van der Waals surface area contributed by atoms with Crippen molar-refractivity contribution in [2.75, 3.05) is 32.6 Å². The van der Waals surface area contributed by atoms with E-state index in [0.717, 1.165) is 18.4 Å². The molecule has 0 aromatic heterocycles. The number of halogens is 1. The summed E-state index contributed by atoms with van der Waals surface area (Å²) in [4.78, 5) is 12.3. The molecule has 9 heteroatoms. The van der Waals surface area contributed by atoms with Gasteiger partial charge in [0.15, 0.2) is 0 Å². The molecule has 1 amide bonds. The van der Waals surface area contributed by atoms with E-state index in [1.165, 1.54) is 22.5 Å². The third-order valence-electron chi connectivity index (χ3n) is 4.68. The highest BCUT2D eigenvalue weighted by atomic mass is 35.5. The van der Waals surface area contributed by atoms with Crippen LogP contribution in [0.3, 0.4) is 0 Å². The predicted molar refractivity (Wildman–Crippen MR) is 117 cm³/mol. The summed E-state index contributed by atoms with van der Waals surface area (Å²) in [6.45, 7) is 0.948. The van der Waals surface area contributed by atoms with Crippen LogP contribution in [0, 0.1) is 0 Å². The molecule has 1 aliphatic rings. The average molecular weight is 451 g/mol. The molecule has 2 aromatic carbocycles. The maximum atomic E-state index is 12.8. The Hall–Kier alpha value is -2.55. The number of nitrogens with one attached hydrogen (secondary N) is 1. The summed E-state index contributed by atoms with van der Waals surface area (Å²) in [5.74, 6) is 0.788. The molecule has 7 nitrogen and oxygen atoms in total. The van der Waals surface area contributed by atoms with Crippen molar-refractivity contribution in [3.8, 4) is 11.5 Å². The maximum absolute atomic E-state index is 12.8. The van der Waals surface area contributed by atoms with Crippen molar-refractivity contribution in [3.05, 3.63) is 53.1 Å². The van der Waals surface area contributed by atoms with Crippen LogP contribution in [-0.4, -0.2) is 45.9 Å². The Morgan fingerprint density at radius 3 is 2.30 bits per heavy atom. The first-order valence-electron chi connectivity index (χ1n) is 9.35. The number of rotatable bonds is 7. The molecule has 3 rings (SSSR count). The SMILES string of the molecule is COc1cc(/C=C/C(=O)Nc2ccc(Cl)c(S(=O)(=O)N3CCCC3)c2)cc(OC)c1. The number of methoxy groups -OCH3 is 2. The number of carbonyl (C=O) groups is 1. The van der Waals surface area contributed by atoms with Crippen LogP contribution in [-0.2, 0) is 14.8 Å². The summed E-state index contributed by atoms with van der Waals surface area (Å²) >= 11 is 6.14. The first-order valence-corrected chi connectivity index (χ1v) is 11.2. The van der Waals surface area contributed by atoms with Crippen molar-refractivity contribution in [2.24, 2.45) is 0 Å². The summed E-state index contributed by atoms with van der Waals surface area (Å²) in [6.07, 6.45) is 4.61. The molecule has 1 saturated heterocycles. The number of benzene rings is 2. The second kappa shape index (κ2) is 9.51. The minimum Gasteiger partial charge on any atom is -0.497 e. The van der Waals surface area contributed by atoms with Gasteiger partial charge in [-0.2, -0.15) is 4.31 Å². The van der Waals surface area contributed by atoms with Gasteiger partial charge in [0.2, 0.25) is 15.9 Å². The molecular formula is C21H23ClN2O5S. The van der Waals surface area contributed by atoms with E-state index < -0.39 is 15.9 Å². The van der Waals surface area contributed by atoms with Crippen molar-refractivity contribution in [1.29, 1.82) is 0 Å². The van der Waals surface area contributed by atoms with Gasteiger partial charge in [-0.3, -0.25) is 4.79 Å². The average Bonchev–Trinajstić information content (AvgIpc) is 3.29. The molecule has 1 aliphatic heterocycles. The van der Waals surface area contributed by atoms with Crippen LogP contribution >= 0.6 is 11.6 Å². The fourth-order valence-electron chi connectivity index (χ4n) is 3.13. The Morgan fingerprint density at radius 2 is 1.70 bits per heavy atom. The van der Waals surface area contributed by atoms with E-state index in [4.69, 9.17) is 21.1 Å². The van der Waals surface area contributed by atoms with Crippen LogP contribution in [0.2, 0.25) is 5.02 Å². The van der Waals surface area contributed by atoms with Gasteiger partial charge >= 0.3 is 0 Å². The molecule has 160 valence electrons. The Kier molecular flexibility index (Phi) is 7.02. The van der Waals surface area contributed by atoms with E-state index in [0.29, 0.717) is 30.3 Å². The molecule has 0 radical (unpaired) electrons. The van der Waals surface area contributed by atoms with Gasteiger partial charge in [0.25, 0.3) is 0 Å². The number of anilines is 1. The van der Waals surface area contributed by atoms with Gasteiger partial charge in [-0.05, 0) is 54.8 Å². The van der Waals surface area contributed by atoms with Crippen molar-refractivity contribution >= 4 is 39.3 Å². The molecule has 1 N–H and O–H groups in total. The first-order chi connectivity index (χ1) is 14.3. The van der Waals surface area contributed by atoms with Crippen LogP contribution in [0.15, 0.2) is 47.4 Å². The largest absolute Gasteiger partial charge is 0.497 e. The van der Waals surface area contributed by atoms with Gasteiger partial charge < -0.3 is 14.8 Å². The second-order valence-electron chi connectivity index (χ2n) is 6.72. The molecule has 0 aliphatic carbocycles. The molecule has 1 heterocycles. The fourth-order valence-corrected chi connectivity index (χ4v) is 5.15. The number of sulfonamides is 1.